The zero-order valence-electron chi connectivity index (χ0n) is 13.3. The molecule has 3 nitrogen and oxygen atoms in total. The van der Waals surface area contributed by atoms with Crippen molar-refractivity contribution in [1.29, 1.82) is 0 Å². The zero-order valence-corrected chi connectivity index (χ0v) is 13.3. The van der Waals surface area contributed by atoms with Crippen molar-refractivity contribution in [1.82, 2.24) is 9.97 Å². The van der Waals surface area contributed by atoms with E-state index in [0.717, 1.165) is 35.0 Å². The topological polar surface area (TPSA) is 37.8 Å². The first-order chi connectivity index (χ1) is 9.86. The van der Waals surface area contributed by atoms with Crippen molar-refractivity contribution in [3.63, 3.8) is 0 Å². The Balaban J connectivity index is 2.51. The second kappa shape index (κ2) is 5.80. The van der Waals surface area contributed by atoms with Crippen molar-refractivity contribution in [3.8, 4) is 0 Å². The van der Waals surface area contributed by atoms with Crippen LogP contribution in [0.15, 0.2) is 24.3 Å². The lowest BCUT2D eigenvalue weighted by atomic mass is 9.83. The fourth-order valence-electron chi connectivity index (χ4n) is 2.24. The van der Waals surface area contributed by atoms with Gasteiger partial charge in [0.15, 0.2) is 0 Å². The summed E-state index contributed by atoms with van der Waals surface area (Å²) >= 11 is 0. The molecule has 0 fully saturated rings. The summed E-state index contributed by atoms with van der Waals surface area (Å²) in [5.74, 6) is 1.38. The van der Waals surface area contributed by atoms with Crippen LogP contribution in [0.4, 0.5) is 10.2 Å². The number of benzene rings is 1. The summed E-state index contributed by atoms with van der Waals surface area (Å²) < 4.78 is 13.1. The van der Waals surface area contributed by atoms with E-state index in [2.05, 4.69) is 29.1 Å². The van der Waals surface area contributed by atoms with Crippen LogP contribution in [0.1, 0.15) is 43.4 Å². The Bertz CT molecular complexity index is 633. The second-order valence-electron chi connectivity index (χ2n) is 5.77. The molecule has 1 aromatic carbocycles. The lowest BCUT2D eigenvalue weighted by Crippen LogP contribution is -2.24. The zero-order chi connectivity index (χ0) is 15.6. The summed E-state index contributed by atoms with van der Waals surface area (Å²) in [4.78, 5) is 9.32. The summed E-state index contributed by atoms with van der Waals surface area (Å²) in [6.45, 7) is 11.0. The van der Waals surface area contributed by atoms with Crippen LogP contribution < -0.4 is 5.32 Å². The smallest absolute Gasteiger partial charge is 0.140 e. The van der Waals surface area contributed by atoms with Gasteiger partial charge in [-0.2, -0.15) is 0 Å². The maximum Gasteiger partial charge on any atom is 0.140 e. The van der Waals surface area contributed by atoms with Crippen molar-refractivity contribution in [2.24, 2.45) is 0 Å². The highest BCUT2D eigenvalue weighted by molar-refractivity contribution is 5.47. The SMILES string of the molecule is CCNc1nc(C(C)(C)c2ccc(F)cc2)nc(C)c1C. The number of aryl methyl sites for hydroxylation is 1. The lowest BCUT2D eigenvalue weighted by Gasteiger charge is -2.25. The fraction of sp³-hybridized carbons (Fsp3) is 0.412. The maximum atomic E-state index is 13.1. The van der Waals surface area contributed by atoms with Gasteiger partial charge in [0, 0.05) is 23.2 Å². The van der Waals surface area contributed by atoms with Crippen molar-refractivity contribution in [2.75, 3.05) is 11.9 Å². The third kappa shape index (κ3) is 3.04. The number of halogens is 1. The fourth-order valence-corrected chi connectivity index (χ4v) is 2.24. The third-order valence-corrected chi connectivity index (χ3v) is 3.86. The Morgan fingerprint density at radius 1 is 1.10 bits per heavy atom. The second-order valence-corrected chi connectivity index (χ2v) is 5.77. The van der Waals surface area contributed by atoms with Crippen LogP contribution in [0.3, 0.4) is 0 Å². The van der Waals surface area contributed by atoms with Crippen LogP contribution in [0.5, 0.6) is 0 Å². The van der Waals surface area contributed by atoms with Gasteiger partial charge in [-0.1, -0.05) is 12.1 Å². The molecule has 2 aromatic rings. The molecule has 0 bridgehead atoms. The van der Waals surface area contributed by atoms with E-state index in [9.17, 15) is 4.39 Å². The molecule has 0 unspecified atom stereocenters. The minimum atomic E-state index is -0.379. The van der Waals surface area contributed by atoms with E-state index in [1.54, 1.807) is 12.1 Å². The summed E-state index contributed by atoms with van der Waals surface area (Å²) in [7, 11) is 0. The maximum absolute atomic E-state index is 13.1. The molecule has 21 heavy (non-hydrogen) atoms. The van der Waals surface area contributed by atoms with Crippen LogP contribution in [0.2, 0.25) is 0 Å². The molecule has 112 valence electrons. The Morgan fingerprint density at radius 2 is 1.71 bits per heavy atom. The van der Waals surface area contributed by atoms with Gasteiger partial charge in [0.2, 0.25) is 0 Å². The normalized spacial score (nSPS) is 11.5. The van der Waals surface area contributed by atoms with E-state index in [4.69, 9.17) is 0 Å². The Hall–Kier alpha value is -1.97. The van der Waals surface area contributed by atoms with E-state index in [0.29, 0.717) is 0 Å². The van der Waals surface area contributed by atoms with E-state index < -0.39 is 0 Å². The third-order valence-electron chi connectivity index (χ3n) is 3.86. The summed E-state index contributed by atoms with van der Waals surface area (Å²) in [5.41, 5.74) is 2.65. The van der Waals surface area contributed by atoms with Crippen molar-refractivity contribution >= 4 is 5.82 Å². The molecule has 0 aliphatic heterocycles. The molecular formula is C17H22FN3. The predicted octanol–water partition coefficient (Wildman–Crippen LogP) is 3.99. The minimum Gasteiger partial charge on any atom is -0.370 e. The van der Waals surface area contributed by atoms with E-state index >= 15 is 0 Å². The molecule has 0 saturated heterocycles. The minimum absolute atomic E-state index is 0.233. The van der Waals surface area contributed by atoms with Crippen LogP contribution >= 0.6 is 0 Å². The van der Waals surface area contributed by atoms with E-state index in [1.165, 1.54) is 12.1 Å². The number of aromatic nitrogens is 2. The molecule has 0 saturated carbocycles. The van der Waals surface area contributed by atoms with Crippen molar-refractivity contribution in [3.05, 3.63) is 52.7 Å². The number of hydrogen-bond donors (Lipinski definition) is 1. The highest BCUT2D eigenvalue weighted by atomic mass is 19.1. The van der Waals surface area contributed by atoms with Gasteiger partial charge < -0.3 is 5.32 Å². The van der Waals surface area contributed by atoms with Gasteiger partial charge in [-0.3, -0.25) is 0 Å². The number of anilines is 1. The van der Waals surface area contributed by atoms with Crippen molar-refractivity contribution in [2.45, 2.75) is 40.0 Å². The molecule has 0 aliphatic carbocycles. The molecular weight excluding hydrogens is 265 g/mol. The number of nitrogens with one attached hydrogen (secondary N) is 1. The molecule has 1 aromatic heterocycles. The van der Waals surface area contributed by atoms with Crippen LogP contribution in [0.25, 0.3) is 0 Å². The highest BCUT2D eigenvalue weighted by Gasteiger charge is 2.27. The Morgan fingerprint density at radius 3 is 2.29 bits per heavy atom. The standard InChI is InChI=1S/C17H22FN3/c1-6-19-15-11(2)12(3)20-16(21-15)17(4,5)13-7-9-14(18)10-8-13/h7-10H,6H2,1-5H3,(H,19,20,21). The van der Waals surface area contributed by atoms with Gasteiger partial charge >= 0.3 is 0 Å². The van der Waals surface area contributed by atoms with Gasteiger partial charge in [0.25, 0.3) is 0 Å². The molecule has 0 spiro atoms. The monoisotopic (exact) mass is 287 g/mol. The van der Waals surface area contributed by atoms with Gasteiger partial charge in [-0.25, -0.2) is 14.4 Å². The quantitative estimate of drug-likeness (QED) is 0.924. The predicted molar refractivity (Wildman–Crippen MR) is 84.2 cm³/mol. The molecule has 0 aliphatic rings. The van der Waals surface area contributed by atoms with Gasteiger partial charge in [-0.05, 0) is 52.3 Å². The largest absolute Gasteiger partial charge is 0.370 e. The van der Waals surface area contributed by atoms with Crippen molar-refractivity contribution < 1.29 is 4.39 Å². The molecule has 1 N–H and O–H groups in total. The molecule has 0 amide bonds. The average Bonchev–Trinajstić information content (AvgIpc) is 2.44. The highest BCUT2D eigenvalue weighted by Crippen LogP contribution is 2.31. The average molecular weight is 287 g/mol. The van der Waals surface area contributed by atoms with Gasteiger partial charge in [-0.15, -0.1) is 0 Å². The van der Waals surface area contributed by atoms with Crippen LogP contribution in [-0.2, 0) is 5.41 Å². The summed E-state index contributed by atoms with van der Waals surface area (Å²) in [5, 5.41) is 3.28. The molecule has 4 heteroatoms. The summed E-state index contributed by atoms with van der Waals surface area (Å²) in [6.07, 6.45) is 0. The summed E-state index contributed by atoms with van der Waals surface area (Å²) in [6, 6.07) is 6.54. The van der Waals surface area contributed by atoms with E-state index in [1.807, 2.05) is 20.8 Å². The first-order valence-corrected chi connectivity index (χ1v) is 7.22. The van der Waals surface area contributed by atoms with Gasteiger partial charge in [0.1, 0.15) is 17.5 Å². The molecule has 2 rings (SSSR count). The van der Waals surface area contributed by atoms with Crippen LogP contribution in [0, 0.1) is 19.7 Å². The van der Waals surface area contributed by atoms with E-state index in [-0.39, 0.29) is 11.2 Å². The number of hydrogen-bond acceptors (Lipinski definition) is 3. The first kappa shape index (κ1) is 15.4. The number of nitrogens with zero attached hydrogens (tertiary/aromatic N) is 2. The molecule has 0 radical (unpaired) electrons. The molecule has 1 heterocycles. The Labute approximate surface area is 125 Å². The van der Waals surface area contributed by atoms with Gasteiger partial charge in [0.05, 0.1) is 0 Å². The first-order valence-electron chi connectivity index (χ1n) is 7.22. The van der Waals surface area contributed by atoms with Crippen LogP contribution in [-0.4, -0.2) is 16.5 Å². The number of rotatable bonds is 4. The Kier molecular flexibility index (Phi) is 4.26. The lowest BCUT2D eigenvalue weighted by molar-refractivity contribution is 0.580. The molecule has 0 atom stereocenters.